The largest absolute Gasteiger partial charge is 0.481 e. The van der Waals surface area contributed by atoms with E-state index in [0.717, 1.165) is 12.0 Å². The molecule has 0 saturated heterocycles. The molecule has 0 spiro atoms. The Morgan fingerprint density at radius 3 is 2.69 bits per heavy atom. The molecule has 0 aromatic heterocycles. The zero-order valence-electron chi connectivity index (χ0n) is 21.4. The number of cyclic esters (lactones) is 1. The van der Waals surface area contributed by atoms with Crippen molar-refractivity contribution in [2.24, 2.45) is 0 Å². The maximum atomic E-state index is 12.6. The normalized spacial score (nSPS) is 24.9. The van der Waals surface area contributed by atoms with Crippen LogP contribution in [-0.4, -0.2) is 45.6 Å². The van der Waals surface area contributed by atoms with Gasteiger partial charge in [0.1, 0.15) is 6.10 Å². The van der Waals surface area contributed by atoms with Gasteiger partial charge in [0.15, 0.2) is 0 Å². The Labute approximate surface area is 214 Å². The molecule has 2 rings (SSSR count). The molecule has 0 fully saturated rings. The van der Waals surface area contributed by atoms with Crippen LogP contribution in [0.4, 0.5) is 0 Å². The van der Waals surface area contributed by atoms with E-state index in [4.69, 9.17) is 4.74 Å². The summed E-state index contributed by atoms with van der Waals surface area (Å²) < 4.78 is 5.61. The molecule has 196 valence electrons. The van der Waals surface area contributed by atoms with Crippen molar-refractivity contribution in [3.8, 4) is 0 Å². The van der Waals surface area contributed by atoms with Crippen LogP contribution in [0.3, 0.4) is 0 Å². The maximum Gasteiger partial charge on any atom is 0.331 e. The number of hydrogen-bond donors (Lipinski definition) is 3. The number of rotatable bonds is 9. The summed E-state index contributed by atoms with van der Waals surface area (Å²) in [4.78, 5) is 23.8. The fraction of sp³-hybridized carbons (Fsp3) is 0.467. The molecule has 1 heterocycles. The number of aliphatic carboxylic acids is 1. The van der Waals surface area contributed by atoms with Crippen LogP contribution >= 0.6 is 0 Å². The van der Waals surface area contributed by atoms with Gasteiger partial charge in [-0.05, 0) is 63.5 Å². The van der Waals surface area contributed by atoms with Crippen molar-refractivity contribution >= 4 is 11.9 Å². The first-order valence-electron chi connectivity index (χ1n) is 12.7. The van der Waals surface area contributed by atoms with Crippen molar-refractivity contribution < 1.29 is 29.6 Å². The first kappa shape index (κ1) is 29.3. The Morgan fingerprint density at radius 1 is 1.22 bits per heavy atom. The fourth-order valence-electron chi connectivity index (χ4n) is 4.20. The Bertz CT molecular complexity index is 957. The van der Waals surface area contributed by atoms with Crippen LogP contribution in [0.5, 0.6) is 0 Å². The molecular weight excluding hydrogens is 456 g/mol. The smallest absolute Gasteiger partial charge is 0.331 e. The van der Waals surface area contributed by atoms with Gasteiger partial charge < -0.3 is 20.1 Å². The Kier molecular flexibility index (Phi) is 12.9. The third-order valence-corrected chi connectivity index (χ3v) is 6.16. The highest BCUT2D eigenvalue weighted by Crippen LogP contribution is 2.20. The standard InChI is InChI=1S/C30H40O6/c1-22(13-15-24-10-6-4-7-11-24)14-16-26(31)20-28-21-27(32)17-23(2)9-5-3-8-12-25(18-29(33)34)19-30(35)36-28/h3-4,6-11,13,19,26-28,31-32H,5,12,14-18,20-21H2,1-2H3,(H,33,34)/b8-3+,22-13+,23-9+,25-19-/t26-,27-,28?/m1/s1. The molecule has 6 nitrogen and oxygen atoms in total. The lowest BCUT2D eigenvalue weighted by molar-refractivity contribution is -0.146. The van der Waals surface area contributed by atoms with Crippen molar-refractivity contribution in [1.29, 1.82) is 0 Å². The molecule has 0 saturated carbocycles. The molecule has 1 aromatic rings. The summed E-state index contributed by atoms with van der Waals surface area (Å²) in [5.74, 6) is -1.66. The molecule has 3 N–H and O–H groups in total. The molecule has 1 unspecified atom stereocenters. The van der Waals surface area contributed by atoms with Gasteiger partial charge in [0, 0.05) is 18.9 Å². The summed E-state index contributed by atoms with van der Waals surface area (Å²) in [6.07, 6.45) is 10.8. The fourth-order valence-corrected chi connectivity index (χ4v) is 4.20. The van der Waals surface area contributed by atoms with Crippen molar-refractivity contribution in [1.82, 2.24) is 0 Å². The molecule has 36 heavy (non-hydrogen) atoms. The van der Waals surface area contributed by atoms with E-state index in [1.54, 1.807) is 0 Å². The maximum absolute atomic E-state index is 12.6. The number of carbonyl (C=O) groups excluding carboxylic acids is 1. The minimum Gasteiger partial charge on any atom is -0.481 e. The first-order valence-corrected chi connectivity index (χ1v) is 12.7. The molecule has 0 radical (unpaired) electrons. The van der Waals surface area contributed by atoms with E-state index in [2.05, 4.69) is 18.2 Å². The number of ether oxygens (including phenoxy) is 1. The zero-order chi connectivity index (χ0) is 26.3. The summed E-state index contributed by atoms with van der Waals surface area (Å²) in [5, 5.41) is 30.5. The molecular formula is C30H40O6. The van der Waals surface area contributed by atoms with E-state index in [9.17, 15) is 24.9 Å². The van der Waals surface area contributed by atoms with Gasteiger partial charge in [0.05, 0.1) is 18.6 Å². The number of hydrogen-bond acceptors (Lipinski definition) is 5. The number of carboxylic acid groups (broad SMARTS) is 1. The number of benzene rings is 1. The van der Waals surface area contributed by atoms with Crippen LogP contribution in [0.1, 0.15) is 70.8 Å². The predicted octanol–water partition coefficient (Wildman–Crippen LogP) is 5.46. The summed E-state index contributed by atoms with van der Waals surface area (Å²) in [6, 6.07) is 10.2. The molecule has 1 aromatic carbocycles. The SMILES string of the molecule is C/C(=C\Cc1ccccc1)CC[C@@H](O)CC1C[C@H](O)C/C(C)=C/C/C=C/C/C(CC(=O)O)=C/C(=O)O1. The van der Waals surface area contributed by atoms with Gasteiger partial charge in [0.2, 0.25) is 0 Å². The van der Waals surface area contributed by atoms with Crippen LogP contribution < -0.4 is 0 Å². The van der Waals surface area contributed by atoms with Crippen molar-refractivity contribution in [3.63, 3.8) is 0 Å². The van der Waals surface area contributed by atoms with Gasteiger partial charge in [-0.15, -0.1) is 0 Å². The van der Waals surface area contributed by atoms with E-state index in [1.807, 2.05) is 50.3 Å². The number of aliphatic hydroxyl groups is 2. The molecule has 0 amide bonds. The summed E-state index contributed by atoms with van der Waals surface area (Å²) in [6.45, 7) is 3.98. The van der Waals surface area contributed by atoms with E-state index < -0.39 is 30.3 Å². The predicted molar refractivity (Wildman–Crippen MR) is 141 cm³/mol. The van der Waals surface area contributed by atoms with Crippen LogP contribution in [0, 0.1) is 0 Å². The van der Waals surface area contributed by atoms with Crippen molar-refractivity contribution in [2.75, 3.05) is 0 Å². The van der Waals surface area contributed by atoms with Gasteiger partial charge >= 0.3 is 11.9 Å². The summed E-state index contributed by atoms with van der Waals surface area (Å²) in [7, 11) is 0. The van der Waals surface area contributed by atoms with Crippen LogP contribution in [0.15, 0.2) is 77.4 Å². The van der Waals surface area contributed by atoms with E-state index in [0.29, 0.717) is 37.7 Å². The van der Waals surface area contributed by atoms with Crippen molar-refractivity contribution in [2.45, 2.75) is 89.9 Å². The number of esters is 1. The Balaban J connectivity index is 2.03. The average molecular weight is 497 g/mol. The molecule has 6 heteroatoms. The number of carboxylic acids is 1. The lowest BCUT2D eigenvalue weighted by Gasteiger charge is -2.23. The monoisotopic (exact) mass is 496 g/mol. The van der Waals surface area contributed by atoms with Gasteiger partial charge in [0.25, 0.3) is 0 Å². The van der Waals surface area contributed by atoms with Gasteiger partial charge in [-0.1, -0.05) is 65.8 Å². The van der Waals surface area contributed by atoms with Crippen LogP contribution in [-0.2, 0) is 20.7 Å². The van der Waals surface area contributed by atoms with Crippen LogP contribution in [0.25, 0.3) is 0 Å². The van der Waals surface area contributed by atoms with E-state index >= 15 is 0 Å². The molecule has 0 bridgehead atoms. The van der Waals surface area contributed by atoms with E-state index in [-0.39, 0.29) is 19.3 Å². The third-order valence-electron chi connectivity index (χ3n) is 6.16. The number of carbonyl (C=O) groups is 2. The topological polar surface area (TPSA) is 104 Å². The number of aliphatic hydroxyl groups excluding tert-OH is 2. The lowest BCUT2D eigenvalue weighted by Crippen LogP contribution is -2.28. The highest BCUT2D eigenvalue weighted by Gasteiger charge is 2.22. The van der Waals surface area contributed by atoms with Gasteiger partial charge in [-0.2, -0.15) is 0 Å². The highest BCUT2D eigenvalue weighted by atomic mass is 16.5. The van der Waals surface area contributed by atoms with Crippen LogP contribution in [0.2, 0.25) is 0 Å². The highest BCUT2D eigenvalue weighted by molar-refractivity contribution is 5.84. The minimum absolute atomic E-state index is 0.203. The van der Waals surface area contributed by atoms with Gasteiger partial charge in [-0.3, -0.25) is 4.79 Å². The summed E-state index contributed by atoms with van der Waals surface area (Å²) in [5.41, 5.74) is 3.88. The molecule has 0 aliphatic carbocycles. The summed E-state index contributed by atoms with van der Waals surface area (Å²) >= 11 is 0. The minimum atomic E-state index is -1.02. The molecule has 1 aliphatic heterocycles. The second-order valence-corrected chi connectivity index (χ2v) is 9.66. The third kappa shape index (κ3) is 12.7. The lowest BCUT2D eigenvalue weighted by atomic mass is 9.97. The molecule has 3 atom stereocenters. The first-order chi connectivity index (χ1) is 17.2. The van der Waals surface area contributed by atoms with Gasteiger partial charge in [-0.25, -0.2) is 4.79 Å². The molecule has 1 aliphatic rings. The second kappa shape index (κ2) is 15.9. The second-order valence-electron chi connectivity index (χ2n) is 9.66. The Morgan fingerprint density at radius 2 is 1.97 bits per heavy atom. The Hall–Kier alpha value is -2.96. The quantitative estimate of drug-likeness (QED) is 0.310. The van der Waals surface area contributed by atoms with E-state index in [1.165, 1.54) is 17.2 Å². The average Bonchev–Trinajstić information content (AvgIpc) is 2.80. The van der Waals surface area contributed by atoms with Crippen molar-refractivity contribution in [3.05, 3.63) is 83.0 Å². The zero-order valence-corrected chi connectivity index (χ0v) is 21.4. The number of allylic oxidation sites excluding steroid dienone is 5.